The third-order valence-electron chi connectivity index (χ3n) is 5.27. The maximum atomic E-state index is 13.2. The Labute approximate surface area is 186 Å². The van der Waals surface area contributed by atoms with Crippen LogP contribution < -0.4 is 10.5 Å². The van der Waals surface area contributed by atoms with Crippen LogP contribution in [0.5, 0.6) is 0 Å². The number of aromatic nitrogens is 1. The molecule has 2 fully saturated rings. The van der Waals surface area contributed by atoms with Crippen molar-refractivity contribution in [2.24, 2.45) is 0 Å². The first-order valence-corrected chi connectivity index (χ1v) is 11.2. The summed E-state index contributed by atoms with van der Waals surface area (Å²) in [5, 5.41) is 9.68. The third-order valence-corrected chi connectivity index (χ3v) is 6.76. The van der Waals surface area contributed by atoms with E-state index in [1.165, 1.54) is 16.7 Å². The summed E-state index contributed by atoms with van der Waals surface area (Å²) in [6.45, 7) is 9.49. The van der Waals surface area contributed by atoms with Crippen LogP contribution in [0.15, 0.2) is 9.70 Å². The minimum atomic E-state index is -0.293. The molecule has 2 unspecified atom stereocenters. The van der Waals surface area contributed by atoms with Gasteiger partial charge < -0.3 is 9.64 Å². The summed E-state index contributed by atoms with van der Waals surface area (Å²) in [5.41, 5.74) is 1.12. The highest BCUT2D eigenvalue weighted by Gasteiger charge is 2.32. The Hall–Kier alpha value is -2.15. The lowest BCUT2D eigenvalue weighted by atomic mass is 10.0. The molecular weight excluding hydrogens is 420 g/mol. The normalized spacial score (nSPS) is 23.4. The minimum Gasteiger partial charge on any atom is -0.372 e. The van der Waals surface area contributed by atoms with Crippen molar-refractivity contribution in [3.8, 4) is 6.07 Å². The Morgan fingerprint density at radius 3 is 2.43 bits per heavy atom. The fraction of sp³-hybridized carbons (Fsp3) is 0.524. The Morgan fingerprint density at radius 1 is 1.30 bits per heavy atom. The van der Waals surface area contributed by atoms with Gasteiger partial charge in [0.15, 0.2) is 0 Å². The van der Waals surface area contributed by atoms with E-state index >= 15 is 0 Å². The minimum absolute atomic E-state index is 0.00317. The molecule has 1 aromatic rings. The maximum Gasteiger partial charge on any atom is 0.270 e. The highest BCUT2D eigenvalue weighted by Crippen LogP contribution is 2.35. The molecule has 2 atom stereocenters. The number of carbonyl (C=O) groups excluding carboxylic acids is 1. The third kappa shape index (κ3) is 4.04. The average Bonchev–Trinajstić information content (AvgIpc) is 2.92. The van der Waals surface area contributed by atoms with E-state index in [2.05, 4.69) is 11.0 Å². The standard InChI is InChI=1S/C21H26N4O3S2/c1-6-7-25-18(24-10-12(2)28-13(3)11-24)15(14(4)16(9-22)19(25)26)8-17-20(27)23(5)21(29)30-17/h8,12-13H,6-7,10-11H2,1-5H3. The van der Waals surface area contributed by atoms with E-state index in [9.17, 15) is 14.9 Å². The Balaban J connectivity index is 2.30. The summed E-state index contributed by atoms with van der Waals surface area (Å²) in [5.74, 6) is 0.563. The molecule has 30 heavy (non-hydrogen) atoms. The van der Waals surface area contributed by atoms with Crippen molar-refractivity contribution in [2.75, 3.05) is 25.0 Å². The van der Waals surface area contributed by atoms with Crippen LogP contribution in [0.4, 0.5) is 5.82 Å². The Morgan fingerprint density at radius 2 is 1.93 bits per heavy atom. The van der Waals surface area contributed by atoms with Gasteiger partial charge in [-0.05, 0) is 38.8 Å². The lowest BCUT2D eigenvalue weighted by Gasteiger charge is -2.39. The second-order valence-electron chi connectivity index (χ2n) is 7.71. The van der Waals surface area contributed by atoms with Gasteiger partial charge in [0, 0.05) is 32.2 Å². The van der Waals surface area contributed by atoms with Gasteiger partial charge in [0.25, 0.3) is 11.5 Å². The molecule has 9 heteroatoms. The number of nitriles is 1. The number of amides is 1. The van der Waals surface area contributed by atoms with Gasteiger partial charge in [-0.25, -0.2) is 0 Å². The number of ether oxygens (including phenoxy) is 1. The number of hydrogen-bond acceptors (Lipinski definition) is 7. The van der Waals surface area contributed by atoms with E-state index in [0.717, 1.165) is 17.8 Å². The van der Waals surface area contributed by atoms with Gasteiger partial charge in [0.1, 0.15) is 21.8 Å². The lowest BCUT2D eigenvalue weighted by molar-refractivity contribution is -0.121. The van der Waals surface area contributed by atoms with Gasteiger partial charge in [0.05, 0.1) is 17.1 Å². The Bertz CT molecular complexity index is 1010. The molecule has 0 radical (unpaired) electrons. The van der Waals surface area contributed by atoms with Crippen LogP contribution in [0.2, 0.25) is 0 Å². The zero-order chi connectivity index (χ0) is 22.2. The first kappa shape index (κ1) is 22.5. The first-order valence-electron chi connectivity index (χ1n) is 9.99. The van der Waals surface area contributed by atoms with Crippen LogP contribution in [0.1, 0.15) is 43.9 Å². The number of likely N-dealkylation sites (N-methyl/N-ethyl adjacent to an activating group) is 1. The van der Waals surface area contributed by atoms with Crippen LogP contribution >= 0.6 is 24.0 Å². The van der Waals surface area contributed by atoms with Gasteiger partial charge >= 0.3 is 0 Å². The number of anilines is 1. The molecule has 3 rings (SSSR count). The summed E-state index contributed by atoms with van der Waals surface area (Å²) in [6.07, 6.45) is 2.52. The largest absolute Gasteiger partial charge is 0.372 e. The molecule has 1 aromatic heterocycles. The topological polar surface area (TPSA) is 78.6 Å². The van der Waals surface area contributed by atoms with Crippen molar-refractivity contribution in [2.45, 2.75) is 52.9 Å². The number of thiocarbonyl (C=S) groups is 1. The zero-order valence-corrected chi connectivity index (χ0v) is 19.5. The molecule has 0 saturated carbocycles. The summed E-state index contributed by atoms with van der Waals surface area (Å²) >= 11 is 6.50. The maximum absolute atomic E-state index is 13.2. The van der Waals surface area contributed by atoms with E-state index in [-0.39, 0.29) is 29.2 Å². The second-order valence-corrected chi connectivity index (χ2v) is 9.38. The van der Waals surface area contributed by atoms with Crippen molar-refractivity contribution in [3.05, 3.63) is 31.9 Å². The van der Waals surface area contributed by atoms with Crippen molar-refractivity contribution in [3.63, 3.8) is 0 Å². The van der Waals surface area contributed by atoms with Gasteiger partial charge in [-0.15, -0.1) is 0 Å². The van der Waals surface area contributed by atoms with E-state index in [0.29, 0.717) is 34.4 Å². The predicted molar refractivity (Wildman–Crippen MR) is 124 cm³/mol. The fourth-order valence-corrected chi connectivity index (χ4v) is 5.10. The molecule has 0 aliphatic carbocycles. The van der Waals surface area contributed by atoms with E-state index in [1.54, 1.807) is 24.6 Å². The number of nitrogens with zero attached hydrogens (tertiary/aromatic N) is 4. The number of rotatable bonds is 4. The van der Waals surface area contributed by atoms with Gasteiger partial charge in [-0.2, -0.15) is 5.26 Å². The van der Waals surface area contributed by atoms with Crippen molar-refractivity contribution in [1.29, 1.82) is 5.26 Å². The summed E-state index contributed by atoms with van der Waals surface area (Å²) < 4.78 is 8.05. The molecule has 1 amide bonds. The molecule has 0 N–H and O–H groups in total. The first-order chi connectivity index (χ1) is 14.2. The molecule has 7 nitrogen and oxygen atoms in total. The number of pyridine rings is 1. The van der Waals surface area contributed by atoms with Crippen LogP contribution in [-0.4, -0.2) is 52.0 Å². The average molecular weight is 447 g/mol. The van der Waals surface area contributed by atoms with Crippen LogP contribution in [0.3, 0.4) is 0 Å². The lowest BCUT2D eigenvalue weighted by Crippen LogP contribution is -2.48. The SMILES string of the molecule is CCCn1c(N2CC(C)OC(C)C2)c(C=C2SC(=S)N(C)C2=O)c(C)c(C#N)c1=O. The second kappa shape index (κ2) is 8.92. The molecule has 0 aromatic carbocycles. The van der Waals surface area contributed by atoms with Gasteiger partial charge in [0.2, 0.25) is 0 Å². The molecule has 2 aliphatic rings. The number of morpholine rings is 1. The molecular formula is C21H26N4O3S2. The fourth-order valence-electron chi connectivity index (χ4n) is 3.94. The van der Waals surface area contributed by atoms with E-state index in [1.807, 2.05) is 20.8 Å². The summed E-state index contributed by atoms with van der Waals surface area (Å²) in [7, 11) is 1.65. The highest BCUT2D eigenvalue weighted by atomic mass is 32.2. The quantitative estimate of drug-likeness (QED) is 0.520. The van der Waals surface area contributed by atoms with E-state index in [4.69, 9.17) is 17.0 Å². The number of thioether (sulfide) groups is 1. The van der Waals surface area contributed by atoms with Crippen LogP contribution in [0.25, 0.3) is 6.08 Å². The highest BCUT2D eigenvalue weighted by molar-refractivity contribution is 8.26. The predicted octanol–water partition coefficient (Wildman–Crippen LogP) is 2.88. The molecule has 2 aliphatic heterocycles. The zero-order valence-electron chi connectivity index (χ0n) is 17.9. The van der Waals surface area contributed by atoms with Crippen molar-refractivity contribution in [1.82, 2.24) is 9.47 Å². The van der Waals surface area contributed by atoms with Crippen molar-refractivity contribution >= 4 is 46.1 Å². The van der Waals surface area contributed by atoms with Gasteiger partial charge in [-0.3, -0.25) is 19.1 Å². The van der Waals surface area contributed by atoms with Gasteiger partial charge in [-0.1, -0.05) is 30.9 Å². The van der Waals surface area contributed by atoms with Crippen LogP contribution in [0, 0.1) is 18.3 Å². The summed E-state index contributed by atoms with van der Waals surface area (Å²) in [6, 6.07) is 2.07. The molecule has 0 spiro atoms. The smallest absolute Gasteiger partial charge is 0.270 e. The van der Waals surface area contributed by atoms with Crippen LogP contribution in [-0.2, 0) is 16.1 Å². The Kier molecular flexibility index (Phi) is 6.70. The number of hydrogen-bond donors (Lipinski definition) is 0. The van der Waals surface area contributed by atoms with E-state index < -0.39 is 0 Å². The molecule has 3 heterocycles. The molecule has 2 saturated heterocycles. The number of carbonyl (C=O) groups is 1. The molecule has 160 valence electrons. The monoisotopic (exact) mass is 446 g/mol. The molecule has 0 bridgehead atoms. The van der Waals surface area contributed by atoms with Crippen molar-refractivity contribution < 1.29 is 9.53 Å². The summed E-state index contributed by atoms with van der Waals surface area (Å²) in [4.78, 5) is 29.9.